The molecule has 0 atom stereocenters. The topological polar surface area (TPSA) is 50.8 Å². The highest BCUT2D eigenvalue weighted by atomic mass is 32.1. The van der Waals surface area contributed by atoms with Crippen LogP contribution >= 0.6 is 11.3 Å². The van der Waals surface area contributed by atoms with Crippen LogP contribution in [0.5, 0.6) is 11.5 Å². The largest absolute Gasteiger partial charge is 0.490 e. The SMILES string of the molecule is CCOc1cc(CNCc2ccsc2)ccc1OCC(=O)N1CCCCC1. The standard InChI is InChI=1S/C21H28N2O3S/c1-2-25-20-12-17(13-22-14-18-8-11-27-16-18)6-7-19(20)26-15-21(24)23-9-4-3-5-10-23/h6-8,11-12,16,22H,2-5,9-10,13-15H2,1H3. The van der Waals surface area contributed by atoms with Crippen LogP contribution in [0.15, 0.2) is 35.0 Å². The van der Waals surface area contributed by atoms with E-state index in [1.807, 2.05) is 30.0 Å². The lowest BCUT2D eigenvalue weighted by Crippen LogP contribution is -2.38. The van der Waals surface area contributed by atoms with E-state index < -0.39 is 0 Å². The molecule has 0 aliphatic carbocycles. The Morgan fingerprint density at radius 3 is 2.63 bits per heavy atom. The van der Waals surface area contributed by atoms with Gasteiger partial charge in [0.05, 0.1) is 6.61 Å². The molecule has 2 heterocycles. The molecule has 1 aromatic heterocycles. The average molecular weight is 389 g/mol. The summed E-state index contributed by atoms with van der Waals surface area (Å²) in [4.78, 5) is 14.2. The van der Waals surface area contributed by atoms with Crippen molar-refractivity contribution in [3.05, 3.63) is 46.2 Å². The smallest absolute Gasteiger partial charge is 0.260 e. The second-order valence-electron chi connectivity index (χ2n) is 6.68. The molecule has 1 saturated heterocycles. The van der Waals surface area contributed by atoms with Gasteiger partial charge in [-0.2, -0.15) is 11.3 Å². The van der Waals surface area contributed by atoms with Gasteiger partial charge in [-0.3, -0.25) is 4.79 Å². The van der Waals surface area contributed by atoms with E-state index in [0.717, 1.165) is 44.6 Å². The Hall–Kier alpha value is -2.05. The lowest BCUT2D eigenvalue weighted by atomic mass is 10.1. The maximum atomic E-state index is 12.3. The monoisotopic (exact) mass is 388 g/mol. The van der Waals surface area contributed by atoms with Crippen LogP contribution in [0.2, 0.25) is 0 Å². The Morgan fingerprint density at radius 2 is 1.89 bits per heavy atom. The van der Waals surface area contributed by atoms with Crippen LogP contribution in [0, 0.1) is 0 Å². The number of hydrogen-bond donors (Lipinski definition) is 1. The normalized spacial score (nSPS) is 14.2. The van der Waals surface area contributed by atoms with Gasteiger partial charge < -0.3 is 19.7 Å². The summed E-state index contributed by atoms with van der Waals surface area (Å²) >= 11 is 1.71. The molecular formula is C21H28N2O3S. The molecule has 6 heteroatoms. The third-order valence-corrected chi connectivity index (χ3v) is 5.34. The summed E-state index contributed by atoms with van der Waals surface area (Å²) in [6.45, 7) is 5.85. The quantitative estimate of drug-likeness (QED) is 0.709. The third kappa shape index (κ3) is 5.97. The zero-order valence-corrected chi connectivity index (χ0v) is 16.7. The molecule has 1 fully saturated rings. The molecule has 1 aliphatic rings. The molecule has 0 radical (unpaired) electrons. The molecule has 5 nitrogen and oxygen atoms in total. The Balaban J connectivity index is 1.54. The molecular weight excluding hydrogens is 360 g/mol. The molecule has 0 bridgehead atoms. The molecule has 1 amide bonds. The highest BCUT2D eigenvalue weighted by Gasteiger charge is 2.17. The number of hydrogen-bond acceptors (Lipinski definition) is 5. The number of carbonyl (C=O) groups excluding carboxylic acids is 1. The minimum atomic E-state index is 0.0543. The van der Waals surface area contributed by atoms with Gasteiger partial charge in [0.2, 0.25) is 0 Å². The first-order valence-corrected chi connectivity index (χ1v) is 10.6. The van der Waals surface area contributed by atoms with Gasteiger partial charge in [0.1, 0.15) is 0 Å². The summed E-state index contributed by atoms with van der Waals surface area (Å²) in [5.74, 6) is 1.38. The van der Waals surface area contributed by atoms with E-state index in [0.29, 0.717) is 18.1 Å². The van der Waals surface area contributed by atoms with Crippen molar-refractivity contribution in [1.29, 1.82) is 0 Å². The molecule has 3 rings (SSSR count). The summed E-state index contributed by atoms with van der Waals surface area (Å²) < 4.78 is 11.5. The molecule has 1 aromatic carbocycles. The van der Waals surface area contributed by atoms with E-state index in [-0.39, 0.29) is 12.5 Å². The summed E-state index contributed by atoms with van der Waals surface area (Å²) in [6, 6.07) is 8.03. The number of likely N-dealkylation sites (tertiary alicyclic amines) is 1. The Labute approximate surface area is 165 Å². The van der Waals surface area contributed by atoms with E-state index in [1.54, 1.807) is 11.3 Å². The Kier molecular flexibility index (Phi) is 7.54. The maximum absolute atomic E-state index is 12.3. The number of benzene rings is 1. The molecule has 0 spiro atoms. The molecule has 27 heavy (non-hydrogen) atoms. The van der Waals surface area contributed by atoms with Crippen LogP contribution in [0.25, 0.3) is 0 Å². The van der Waals surface area contributed by atoms with Gasteiger partial charge in [-0.1, -0.05) is 6.07 Å². The number of ether oxygens (including phenoxy) is 2. The van der Waals surface area contributed by atoms with Crippen LogP contribution in [-0.2, 0) is 17.9 Å². The minimum absolute atomic E-state index is 0.0543. The Bertz CT molecular complexity index is 712. The highest BCUT2D eigenvalue weighted by molar-refractivity contribution is 7.07. The van der Waals surface area contributed by atoms with Gasteiger partial charge >= 0.3 is 0 Å². The first kappa shape index (κ1) is 19.7. The average Bonchev–Trinajstić information content (AvgIpc) is 3.21. The number of amides is 1. The van der Waals surface area contributed by atoms with Crippen molar-refractivity contribution in [2.24, 2.45) is 0 Å². The van der Waals surface area contributed by atoms with Crippen LogP contribution in [0.4, 0.5) is 0 Å². The maximum Gasteiger partial charge on any atom is 0.260 e. The van der Waals surface area contributed by atoms with E-state index in [9.17, 15) is 4.79 Å². The minimum Gasteiger partial charge on any atom is -0.490 e. The second kappa shape index (κ2) is 10.3. The van der Waals surface area contributed by atoms with Gasteiger partial charge in [-0.05, 0) is 66.3 Å². The third-order valence-electron chi connectivity index (χ3n) is 4.61. The fourth-order valence-electron chi connectivity index (χ4n) is 3.17. The number of rotatable bonds is 9. The fraction of sp³-hybridized carbons (Fsp3) is 0.476. The van der Waals surface area contributed by atoms with Gasteiger partial charge in [0.25, 0.3) is 5.91 Å². The summed E-state index contributed by atoms with van der Waals surface area (Å²) in [5, 5.41) is 7.67. The summed E-state index contributed by atoms with van der Waals surface area (Å²) in [7, 11) is 0. The molecule has 2 aromatic rings. The highest BCUT2D eigenvalue weighted by Crippen LogP contribution is 2.28. The number of carbonyl (C=O) groups is 1. The Morgan fingerprint density at radius 1 is 1.07 bits per heavy atom. The van der Waals surface area contributed by atoms with E-state index in [2.05, 4.69) is 22.1 Å². The first-order valence-electron chi connectivity index (χ1n) is 9.64. The zero-order chi connectivity index (χ0) is 18.9. The molecule has 1 aliphatic heterocycles. The lowest BCUT2D eigenvalue weighted by molar-refractivity contribution is -0.134. The van der Waals surface area contributed by atoms with Crippen molar-refractivity contribution in [3.8, 4) is 11.5 Å². The van der Waals surface area contributed by atoms with Crippen LogP contribution in [-0.4, -0.2) is 37.1 Å². The summed E-state index contributed by atoms with van der Waals surface area (Å²) in [6.07, 6.45) is 3.38. The van der Waals surface area contributed by atoms with Gasteiger partial charge in [-0.25, -0.2) is 0 Å². The molecule has 0 saturated carbocycles. The van der Waals surface area contributed by atoms with Crippen molar-refractivity contribution >= 4 is 17.2 Å². The van der Waals surface area contributed by atoms with Crippen LogP contribution < -0.4 is 14.8 Å². The van der Waals surface area contributed by atoms with E-state index >= 15 is 0 Å². The molecule has 0 unspecified atom stereocenters. The molecule has 146 valence electrons. The van der Waals surface area contributed by atoms with Crippen molar-refractivity contribution in [1.82, 2.24) is 10.2 Å². The second-order valence-corrected chi connectivity index (χ2v) is 7.46. The fourth-order valence-corrected chi connectivity index (χ4v) is 3.84. The summed E-state index contributed by atoms with van der Waals surface area (Å²) in [5.41, 5.74) is 2.42. The van der Waals surface area contributed by atoms with E-state index in [1.165, 1.54) is 12.0 Å². The van der Waals surface area contributed by atoms with Crippen molar-refractivity contribution < 1.29 is 14.3 Å². The van der Waals surface area contributed by atoms with Gasteiger partial charge in [-0.15, -0.1) is 0 Å². The van der Waals surface area contributed by atoms with Gasteiger partial charge in [0.15, 0.2) is 18.1 Å². The van der Waals surface area contributed by atoms with Crippen molar-refractivity contribution in [2.75, 3.05) is 26.3 Å². The van der Waals surface area contributed by atoms with E-state index in [4.69, 9.17) is 9.47 Å². The first-order chi connectivity index (χ1) is 13.3. The van der Waals surface area contributed by atoms with Crippen LogP contribution in [0.1, 0.15) is 37.3 Å². The predicted octanol–water partition coefficient (Wildman–Crippen LogP) is 3.83. The van der Waals surface area contributed by atoms with Crippen molar-refractivity contribution in [3.63, 3.8) is 0 Å². The van der Waals surface area contributed by atoms with Crippen molar-refractivity contribution in [2.45, 2.75) is 39.3 Å². The number of nitrogens with one attached hydrogen (secondary N) is 1. The lowest BCUT2D eigenvalue weighted by Gasteiger charge is -2.26. The number of piperidine rings is 1. The zero-order valence-electron chi connectivity index (χ0n) is 15.9. The number of thiophene rings is 1. The number of nitrogens with zero attached hydrogens (tertiary/aromatic N) is 1. The van der Waals surface area contributed by atoms with Gasteiger partial charge in [0, 0.05) is 26.2 Å². The van der Waals surface area contributed by atoms with Crippen LogP contribution in [0.3, 0.4) is 0 Å². The molecule has 1 N–H and O–H groups in total. The predicted molar refractivity (Wildman–Crippen MR) is 108 cm³/mol.